The van der Waals surface area contributed by atoms with Crippen LogP contribution < -0.4 is 4.74 Å². The van der Waals surface area contributed by atoms with E-state index in [1.807, 2.05) is 0 Å². The lowest BCUT2D eigenvalue weighted by molar-refractivity contribution is 0.151. The normalized spacial score (nSPS) is 10.4. The lowest BCUT2D eigenvalue weighted by atomic mass is 10.2. The first-order valence-electron chi connectivity index (χ1n) is 3.18. The third-order valence-corrected chi connectivity index (χ3v) is 1.69. The average Bonchev–Trinajstić information content (AvgIpc) is 2.05. The van der Waals surface area contributed by atoms with Crippen molar-refractivity contribution in [2.45, 2.75) is 6.43 Å². The second kappa shape index (κ2) is 3.72. The van der Waals surface area contributed by atoms with E-state index in [1.54, 1.807) is 0 Å². The Balaban J connectivity index is 3.08. The smallest absolute Gasteiger partial charge is 0.265 e. The molecular weight excluding hydrogens is 186 g/mol. The molecule has 65 valence electrons. The highest BCUT2D eigenvalue weighted by Gasteiger charge is 2.12. The number of alkyl halides is 2. The number of benzene rings is 1. The summed E-state index contributed by atoms with van der Waals surface area (Å²) in [5.74, 6) is 0.328. The summed E-state index contributed by atoms with van der Waals surface area (Å²) in [4.78, 5) is 0. The van der Waals surface area contributed by atoms with Gasteiger partial charge in [-0.3, -0.25) is 0 Å². The van der Waals surface area contributed by atoms with Gasteiger partial charge in [-0.05, 0) is 12.1 Å². The Morgan fingerprint density at radius 3 is 2.75 bits per heavy atom. The third-order valence-electron chi connectivity index (χ3n) is 1.36. The molecule has 1 radical (unpaired) electrons. The van der Waals surface area contributed by atoms with E-state index < -0.39 is 6.43 Å². The van der Waals surface area contributed by atoms with Crippen molar-refractivity contribution in [3.63, 3.8) is 0 Å². The van der Waals surface area contributed by atoms with Crippen LogP contribution in [0, 0.1) is 6.07 Å². The van der Waals surface area contributed by atoms with Crippen molar-refractivity contribution in [1.82, 2.24) is 0 Å². The monoisotopic (exact) mass is 191 g/mol. The molecule has 0 saturated carbocycles. The molecule has 0 bridgehead atoms. The van der Waals surface area contributed by atoms with Crippen molar-refractivity contribution in [1.29, 1.82) is 0 Å². The average molecular weight is 192 g/mol. The molecule has 12 heavy (non-hydrogen) atoms. The van der Waals surface area contributed by atoms with Crippen LogP contribution in [0.4, 0.5) is 8.78 Å². The number of halogens is 3. The van der Waals surface area contributed by atoms with Crippen LogP contribution in [0.1, 0.15) is 12.0 Å². The van der Waals surface area contributed by atoms with Crippen LogP contribution in [-0.4, -0.2) is 7.11 Å². The van der Waals surface area contributed by atoms with Gasteiger partial charge in [0.25, 0.3) is 6.43 Å². The van der Waals surface area contributed by atoms with Gasteiger partial charge in [0.1, 0.15) is 5.75 Å². The van der Waals surface area contributed by atoms with E-state index in [0.29, 0.717) is 5.75 Å². The molecule has 0 amide bonds. The standard InChI is InChI=1S/C8H6ClF2O/c1-12-5-2-3-7(9)6(4-5)8(10)11/h2,4,8H,1H3. The first-order chi connectivity index (χ1) is 5.65. The molecule has 0 spiro atoms. The third kappa shape index (κ3) is 1.85. The predicted octanol–water partition coefficient (Wildman–Crippen LogP) is 3.09. The summed E-state index contributed by atoms with van der Waals surface area (Å²) in [5.41, 5.74) is -0.254. The summed E-state index contributed by atoms with van der Waals surface area (Å²) >= 11 is 5.46. The minimum absolute atomic E-state index is 0.0641. The van der Waals surface area contributed by atoms with Gasteiger partial charge in [0.15, 0.2) is 0 Å². The first-order valence-corrected chi connectivity index (χ1v) is 3.56. The molecule has 0 heterocycles. The maximum absolute atomic E-state index is 12.2. The van der Waals surface area contributed by atoms with Crippen LogP contribution in [0.15, 0.2) is 12.1 Å². The minimum atomic E-state index is -2.59. The largest absolute Gasteiger partial charge is 0.497 e. The van der Waals surface area contributed by atoms with E-state index in [1.165, 1.54) is 19.2 Å². The Morgan fingerprint density at radius 2 is 2.25 bits per heavy atom. The molecule has 0 atom stereocenters. The van der Waals surface area contributed by atoms with Crippen LogP contribution in [0.25, 0.3) is 0 Å². The highest BCUT2D eigenvalue weighted by atomic mass is 35.5. The summed E-state index contributed by atoms with van der Waals surface area (Å²) in [6, 6.07) is 5.07. The van der Waals surface area contributed by atoms with E-state index in [9.17, 15) is 8.78 Å². The molecule has 0 saturated heterocycles. The SMILES string of the molecule is COc1c[c]c(Cl)c(C(F)F)c1. The summed E-state index contributed by atoms with van der Waals surface area (Å²) in [5, 5.41) is -0.0641. The highest BCUT2D eigenvalue weighted by Crippen LogP contribution is 2.29. The summed E-state index contributed by atoms with van der Waals surface area (Å²) < 4.78 is 29.1. The maximum atomic E-state index is 12.2. The Morgan fingerprint density at radius 1 is 1.58 bits per heavy atom. The molecule has 0 unspecified atom stereocenters. The van der Waals surface area contributed by atoms with Crippen molar-refractivity contribution in [3.05, 3.63) is 28.8 Å². The zero-order chi connectivity index (χ0) is 9.14. The number of methoxy groups -OCH3 is 1. The van der Waals surface area contributed by atoms with Gasteiger partial charge in [-0.1, -0.05) is 11.6 Å². The fraction of sp³-hybridized carbons (Fsp3) is 0.250. The quantitative estimate of drug-likeness (QED) is 0.698. The van der Waals surface area contributed by atoms with Crippen LogP contribution in [0.5, 0.6) is 5.75 Å². The van der Waals surface area contributed by atoms with Crippen molar-refractivity contribution >= 4 is 11.6 Å². The number of ether oxygens (including phenoxy) is 1. The fourth-order valence-electron chi connectivity index (χ4n) is 0.753. The number of hydrogen-bond donors (Lipinski definition) is 0. The summed E-state index contributed by atoms with van der Waals surface area (Å²) in [6.45, 7) is 0. The molecule has 1 nitrogen and oxygen atoms in total. The van der Waals surface area contributed by atoms with Gasteiger partial charge < -0.3 is 4.74 Å². The molecule has 0 N–H and O–H groups in total. The molecule has 0 fully saturated rings. The van der Waals surface area contributed by atoms with E-state index in [0.717, 1.165) is 0 Å². The molecule has 1 aromatic carbocycles. The van der Waals surface area contributed by atoms with Gasteiger partial charge in [0, 0.05) is 11.6 Å². The van der Waals surface area contributed by atoms with E-state index in [2.05, 4.69) is 6.07 Å². The topological polar surface area (TPSA) is 9.23 Å². The van der Waals surface area contributed by atoms with Gasteiger partial charge in [-0.25, -0.2) is 8.78 Å². The van der Waals surface area contributed by atoms with Gasteiger partial charge in [-0.15, -0.1) is 0 Å². The van der Waals surface area contributed by atoms with Crippen molar-refractivity contribution in [2.75, 3.05) is 7.11 Å². The predicted molar refractivity (Wildman–Crippen MR) is 41.8 cm³/mol. The summed E-state index contributed by atoms with van der Waals surface area (Å²) in [6.07, 6.45) is -2.59. The van der Waals surface area contributed by atoms with E-state index in [-0.39, 0.29) is 10.6 Å². The van der Waals surface area contributed by atoms with Crippen molar-refractivity contribution in [3.8, 4) is 5.75 Å². The number of hydrogen-bond acceptors (Lipinski definition) is 1. The van der Waals surface area contributed by atoms with E-state index in [4.69, 9.17) is 16.3 Å². The van der Waals surface area contributed by atoms with Crippen molar-refractivity contribution in [2.24, 2.45) is 0 Å². The van der Waals surface area contributed by atoms with Crippen molar-refractivity contribution < 1.29 is 13.5 Å². The van der Waals surface area contributed by atoms with Crippen LogP contribution in [0.3, 0.4) is 0 Å². The second-order valence-corrected chi connectivity index (χ2v) is 2.49. The Bertz CT molecular complexity index is 276. The van der Waals surface area contributed by atoms with E-state index >= 15 is 0 Å². The molecule has 0 aliphatic rings. The van der Waals surface area contributed by atoms with Crippen LogP contribution in [0.2, 0.25) is 5.02 Å². The lowest BCUT2D eigenvalue weighted by Gasteiger charge is -2.04. The molecule has 1 aromatic rings. The Kier molecular flexibility index (Phi) is 2.87. The molecule has 1 rings (SSSR count). The molecule has 0 aliphatic carbocycles. The highest BCUT2D eigenvalue weighted by molar-refractivity contribution is 6.31. The van der Waals surface area contributed by atoms with Gasteiger partial charge >= 0.3 is 0 Å². The lowest BCUT2D eigenvalue weighted by Crippen LogP contribution is -1.89. The fourth-order valence-corrected chi connectivity index (χ4v) is 0.944. The molecule has 0 aromatic heterocycles. The van der Waals surface area contributed by atoms with Gasteiger partial charge in [0.2, 0.25) is 0 Å². The van der Waals surface area contributed by atoms with Crippen LogP contribution >= 0.6 is 11.6 Å². The maximum Gasteiger partial charge on any atom is 0.265 e. The zero-order valence-electron chi connectivity index (χ0n) is 6.27. The summed E-state index contributed by atoms with van der Waals surface area (Å²) in [7, 11) is 1.40. The van der Waals surface area contributed by atoms with Crippen LogP contribution in [-0.2, 0) is 0 Å². The molecular formula is C8H6ClF2O. The number of rotatable bonds is 2. The first kappa shape index (κ1) is 9.26. The minimum Gasteiger partial charge on any atom is -0.497 e. The molecule has 4 heteroatoms. The van der Waals surface area contributed by atoms with Gasteiger partial charge in [0.05, 0.1) is 12.1 Å². The Hall–Kier alpha value is -0.830. The second-order valence-electron chi connectivity index (χ2n) is 2.11. The van der Waals surface area contributed by atoms with Gasteiger partial charge in [-0.2, -0.15) is 0 Å². The zero-order valence-corrected chi connectivity index (χ0v) is 7.03. The molecule has 0 aliphatic heterocycles. The Labute approximate surface area is 73.9 Å².